The zero-order chi connectivity index (χ0) is 13.7. The van der Waals surface area contributed by atoms with Crippen LogP contribution in [0.1, 0.15) is 12.5 Å². The molecule has 0 bridgehead atoms. The third kappa shape index (κ3) is 3.13. The molecule has 0 aliphatic rings. The maximum Gasteiger partial charge on any atom is 0.237 e. The highest BCUT2D eigenvalue weighted by molar-refractivity contribution is 5.53. The Balaban J connectivity index is 2.12. The van der Waals surface area contributed by atoms with Crippen LogP contribution in [0.25, 0.3) is 0 Å². The highest BCUT2D eigenvalue weighted by Gasteiger charge is 2.08. The summed E-state index contributed by atoms with van der Waals surface area (Å²) in [5.74, 6) is -0.478. The van der Waals surface area contributed by atoms with E-state index in [-0.39, 0.29) is 12.3 Å². The first-order valence-corrected chi connectivity index (χ1v) is 6.00. The fraction of sp³-hybridized carbons (Fsp3) is 0.214. The van der Waals surface area contributed by atoms with Gasteiger partial charge >= 0.3 is 0 Å². The molecule has 1 heterocycles. The lowest BCUT2D eigenvalue weighted by atomic mass is 10.2. The number of nitrogens with one attached hydrogen (secondary N) is 1. The van der Waals surface area contributed by atoms with Crippen molar-refractivity contribution in [1.82, 2.24) is 4.98 Å². The quantitative estimate of drug-likeness (QED) is 0.870. The number of benzene rings is 1. The Morgan fingerprint density at radius 2 is 2.16 bits per heavy atom. The second kappa shape index (κ2) is 6.04. The zero-order valence-electron chi connectivity index (χ0n) is 10.6. The van der Waals surface area contributed by atoms with Crippen molar-refractivity contribution < 1.29 is 14.2 Å². The number of para-hydroxylation sites is 1. The summed E-state index contributed by atoms with van der Waals surface area (Å²) in [7, 11) is 0. The van der Waals surface area contributed by atoms with E-state index < -0.39 is 5.82 Å². The van der Waals surface area contributed by atoms with E-state index in [1.807, 2.05) is 13.0 Å². The Labute approximate surface area is 110 Å². The first kappa shape index (κ1) is 13.1. The van der Waals surface area contributed by atoms with E-state index in [2.05, 4.69) is 10.3 Å². The summed E-state index contributed by atoms with van der Waals surface area (Å²) in [5, 5.41) is 12.7. The van der Waals surface area contributed by atoms with Crippen LogP contribution in [0.3, 0.4) is 0 Å². The van der Waals surface area contributed by atoms with Crippen molar-refractivity contribution in [2.45, 2.75) is 13.5 Å². The van der Waals surface area contributed by atoms with E-state index in [0.29, 0.717) is 23.7 Å². The Bertz CT molecular complexity index is 561. The summed E-state index contributed by atoms with van der Waals surface area (Å²) in [6.45, 7) is 2.67. The molecular formula is C14H15FN2O2. The number of anilines is 1. The lowest BCUT2D eigenvalue weighted by Gasteiger charge is -2.11. The van der Waals surface area contributed by atoms with Crippen molar-refractivity contribution >= 4 is 5.69 Å². The van der Waals surface area contributed by atoms with Gasteiger partial charge in [0.15, 0.2) is 11.6 Å². The van der Waals surface area contributed by atoms with E-state index >= 15 is 0 Å². The SMILES string of the molecule is CCOc1ncccc1NCc1cccc(F)c1O. The van der Waals surface area contributed by atoms with Crippen LogP contribution in [-0.4, -0.2) is 16.7 Å². The monoisotopic (exact) mass is 262 g/mol. The highest BCUT2D eigenvalue weighted by atomic mass is 19.1. The largest absolute Gasteiger partial charge is 0.505 e. The summed E-state index contributed by atoms with van der Waals surface area (Å²) < 4.78 is 18.6. The predicted molar refractivity (Wildman–Crippen MR) is 70.8 cm³/mol. The second-order valence-electron chi connectivity index (χ2n) is 3.89. The van der Waals surface area contributed by atoms with Crippen molar-refractivity contribution in [3.63, 3.8) is 0 Å². The van der Waals surface area contributed by atoms with E-state index in [0.717, 1.165) is 0 Å². The summed E-state index contributed by atoms with van der Waals surface area (Å²) in [6.07, 6.45) is 1.63. The van der Waals surface area contributed by atoms with Crippen LogP contribution in [0.2, 0.25) is 0 Å². The van der Waals surface area contributed by atoms with Gasteiger partial charge in [0.25, 0.3) is 0 Å². The normalized spacial score (nSPS) is 10.2. The number of hydrogen-bond donors (Lipinski definition) is 2. The zero-order valence-corrected chi connectivity index (χ0v) is 10.6. The van der Waals surface area contributed by atoms with E-state index in [1.54, 1.807) is 24.4 Å². The highest BCUT2D eigenvalue weighted by Crippen LogP contribution is 2.24. The maximum absolute atomic E-state index is 13.2. The van der Waals surface area contributed by atoms with Crippen LogP contribution in [0.15, 0.2) is 36.5 Å². The van der Waals surface area contributed by atoms with Crippen LogP contribution in [0, 0.1) is 5.82 Å². The molecule has 0 atom stereocenters. The summed E-state index contributed by atoms with van der Waals surface area (Å²) in [6, 6.07) is 8.01. The van der Waals surface area contributed by atoms with Crippen LogP contribution in [0.4, 0.5) is 10.1 Å². The van der Waals surface area contributed by atoms with Gasteiger partial charge in [-0.1, -0.05) is 12.1 Å². The fourth-order valence-electron chi connectivity index (χ4n) is 1.67. The molecule has 0 saturated heterocycles. The first-order chi connectivity index (χ1) is 9.22. The molecule has 1 aromatic heterocycles. The van der Waals surface area contributed by atoms with Gasteiger partial charge in [-0.05, 0) is 25.1 Å². The Hall–Kier alpha value is -2.30. The van der Waals surface area contributed by atoms with Crippen molar-refractivity contribution in [3.8, 4) is 11.6 Å². The lowest BCUT2D eigenvalue weighted by molar-refractivity contribution is 0.328. The molecule has 0 unspecified atom stereocenters. The van der Waals surface area contributed by atoms with Crippen LogP contribution < -0.4 is 10.1 Å². The number of ether oxygens (including phenoxy) is 1. The third-order valence-electron chi connectivity index (χ3n) is 2.59. The number of phenols is 1. The van der Waals surface area contributed by atoms with E-state index in [1.165, 1.54) is 6.07 Å². The van der Waals surface area contributed by atoms with Crippen molar-refractivity contribution in [2.75, 3.05) is 11.9 Å². The Kier molecular flexibility index (Phi) is 4.18. The molecule has 4 nitrogen and oxygen atoms in total. The van der Waals surface area contributed by atoms with Crippen LogP contribution in [0.5, 0.6) is 11.6 Å². The number of aromatic nitrogens is 1. The van der Waals surface area contributed by atoms with Gasteiger partial charge < -0.3 is 15.2 Å². The number of pyridine rings is 1. The van der Waals surface area contributed by atoms with Gasteiger partial charge in [0.1, 0.15) is 0 Å². The average molecular weight is 262 g/mol. The number of halogens is 1. The Morgan fingerprint density at radius 1 is 1.32 bits per heavy atom. The molecule has 0 amide bonds. The van der Waals surface area contributed by atoms with Gasteiger partial charge in [-0.3, -0.25) is 0 Å². The molecule has 0 spiro atoms. The third-order valence-corrected chi connectivity index (χ3v) is 2.59. The molecule has 0 aliphatic carbocycles. The molecular weight excluding hydrogens is 247 g/mol. The second-order valence-corrected chi connectivity index (χ2v) is 3.89. The van der Waals surface area contributed by atoms with Gasteiger partial charge in [-0.15, -0.1) is 0 Å². The predicted octanol–water partition coefficient (Wildman–Crippen LogP) is 2.94. The van der Waals surface area contributed by atoms with Gasteiger partial charge in [-0.25, -0.2) is 9.37 Å². The fourth-order valence-corrected chi connectivity index (χ4v) is 1.67. The maximum atomic E-state index is 13.2. The molecule has 5 heteroatoms. The summed E-state index contributed by atoms with van der Waals surface area (Å²) in [4.78, 5) is 4.10. The van der Waals surface area contributed by atoms with Crippen molar-refractivity contribution in [2.24, 2.45) is 0 Å². The van der Waals surface area contributed by atoms with E-state index in [4.69, 9.17) is 4.74 Å². The number of rotatable bonds is 5. The molecule has 2 N–H and O–H groups in total. The van der Waals surface area contributed by atoms with Crippen LogP contribution >= 0.6 is 0 Å². The minimum Gasteiger partial charge on any atom is -0.505 e. The molecule has 1 aromatic carbocycles. The minimum atomic E-state index is -0.629. The molecule has 0 saturated carbocycles. The molecule has 0 aliphatic heterocycles. The van der Waals surface area contributed by atoms with Crippen molar-refractivity contribution in [3.05, 3.63) is 47.9 Å². The topological polar surface area (TPSA) is 54.4 Å². The number of aromatic hydroxyl groups is 1. The average Bonchev–Trinajstić information content (AvgIpc) is 2.42. The standard InChI is InChI=1S/C14H15FN2O2/c1-2-19-14-12(7-4-8-16-14)17-9-10-5-3-6-11(15)13(10)18/h3-8,17-18H,2,9H2,1H3. The molecule has 2 aromatic rings. The van der Waals surface area contributed by atoms with Crippen molar-refractivity contribution in [1.29, 1.82) is 0 Å². The van der Waals surface area contributed by atoms with Crippen LogP contribution in [-0.2, 0) is 6.54 Å². The first-order valence-electron chi connectivity index (χ1n) is 6.00. The van der Waals surface area contributed by atoms with E-state index in [9.17, 15) is 9.50 Å². The van der Waals surface area contributed by atoms with Gasteiger partial charge in [0.05, 0.1) is 12.3 Å². The lowest BCUT2D eigenvalue weighted by Crippen LogP contribution is -2.04. The number of nitrogens with zero attached hydrogens (tertiary/aromatic N) is 1. The minimum absolute atomic E-state index is 0.287. The van der Waals surface area contributed by atoms with Gasteiger partial charge in [0.2, 0.25) is 5.88 Å². The molecule has 100 valence electrons. The number of hydrogen-bond acceptors (Lipinski definition) is 4. The summed E-state index contributed by atoms with van der Waals surface area (Å²) in [5.41, 5.74) is 1.18. The Morgan fingerprint density at radius 3 is 2.95 bits per heavy atom. The number of phenolic OH excluding ortho intramolecular Hbond substituents is 1. The molecule has 0 radical (unpaired) electrons. The molecule has 0 fully saturated rings. The molecule has 2 rings (SSSR count). The van der Waals surface area contributed by atoms with Gasteiger partial charge in [-0.2, -0.15) is 0 Å². The molecule has 19 heavy (non-hydrogen) atoms. The summed E-state index contributed by atoms with van der Waals surface area (Å²) >= 11 is 0. The van der Waals surface area contributed by atoms with Gasteiger partial charge in [0, 0.05) is 18.3 Å². The smallest absolute Gasteiger partial charge is 0.237 e.